The van der Waals surface area contributed by atoms with Gasteiger partial charge in [-0.05, 0) is 73.6 Å². The molecule has 7 nitrogen and oxygen atoms in total. The Bertz CT molecular complexity index is 991. The minimum absolute atomic E-state index is 0.0727. The Labute approximate surface area is 195 Å². The van der Waals surface area contributed by atoms with Crippen molar-refractivity contribution in [3.8, 4) is 0 Å². The molecule has 1 amide bonds. The summed E-state index contributed by atoms with van der Waals surface area (Å²) in [5, 5.41) is 14.1. The maximum Gasteiger partial charge on any atom is 0.270 e. The molecular weight excluding hydrogens is 414 g/mol. The highest BCUT2D eigenvalue weighted by atomic mass is 16.3. The highest BCUT2D eigenvalue weighted by Gasteiger charge is 2.55. The van der Waals surface area contributed by atoms with E-state index >= 15 is 0 Å². The second-order valence-electron chi connectivity index (χ2n) is 10.7. The van der Waals surface area contributed by atoms with E-state index in [0.29, 0.717) is 23.4 Å². The van der Waals surface area contributed by atoms with Crippen LogP contribution >= 0.6 is 0 Å². The van der Waals surface area contributed by atoms with Crippen LogP contribution in [0, 0.1) is 17.8 Å². The summed E-state index contributed by atoms with van der Waals surface area (Å²) in [5.41, 5.74) is 1.26. The van der Waals surface area contributed by atoms with E-state index in [0.717, 1.165) is 70.6 Å². The molecule has 2 aromatic rings. The summed E-state index contributed by atoms with van der Waals surface area (Å²) >= 11 is 0. The summed E-state index contributed by atoms with van der Waals surface area (Å²) in [6.45, 7) is 4.62. The van der Waals surface area contributed by atoms with Crippen molar-refractivity contribution < 1.29 is 9.90 Å². The van der Waals surface area contributed by atoms with Crippen LogP contribution in [-0.4, -0.2) is 63.7 Å². The number of aromatic nitrogens is 2. The summed E-state index contributed by atoms with van der Waals surface area (Å²) in [6, 6.07) is 10.0. The van der Waals surface area contributed by atoms with Crippen LogP contribution in [0.1, 0.15) is 48.2 Å². The van der Waals surface area contributed by atoms with Gasteiger partial charge in [0, 0.05) is 51.2 Å². The molecule has 174 valence electrons. The standard InChI is InChI=1S/C26H33N5O2/c32-25(29-24-20-11-19-12-21(24)15-26(33,13-19)14-20)22-4-1-5-23(28-22)31-9-7-30(8-10-31)17-18-3-2-6-27-16-18/h1-6,16,19-21,24,33H,7-15,17H2,(H,29,32). The lowest BCUT2D eigenvalue weighted by molar-refractivity contribution is -0.136. The van der Waals surface area contributed by atoms with Gasteiger partial charge in [0.15, 0.2) is 0 Å². The molecule has 1 saturated heterocycles. The van der Waals surface area contributed by atoms with Crippen molar-refractivity contribution >= 4 is 11.7 Å². The fourth-order valence-corrected chi connectivity index (χ4v) is 7.05. The van der Waals surface area contributed by atoms with Crippen molar-refractivity contribution in [1.82, 2.24) is 20.2 Å². The second-order valence-corrected chi connectivity index (χ2v) is 10.7. The fourth-order valence-electron chi connectivity index (χ4n) is 7.05. The van der Waals surface area contributed by atoms with Gasteiger partial charge in [0.1, 0.15) is 11.5 Å². The Morgan fingerprint density at radius 2 is 1.85 bits per heavy atom. The largest absolute Gasteiger partial charge is 0.390 e. The van der Waals surface area contributed by atoms with Gasteiger partial charge in [0.25, 0.3) is 5.91 Å². The number of amides is 1. The average molecular weight is 448 g/mol. The van der Waals surface area contributed by atoms with Gasteiger partial charge in [0.2, 0.25) is 0 Å². The molecular formula is C26H33N5O2. The molecule has 0 spiro atoms. The average Bonchev–Trinajstić information content (AvgIpc) is 2.81. The number of carbonyl (C=O) groups is 1. The van der Waals surface area contributed by atoms with E-state index in [2.05, 4.69) is 26.2 Å². The van der Waals surface area contributed by atoms with Crippen LogP contribution < -0.4 is 10.2 Å². The van der Waals surface area contributed by atoms with Gasteiger partial charge in [-0.3, -0.25) is 14.7 Å². The minimum atomic E-state index is -0.477. The summed E-state index contributed by atoms with van der Waals surface area (Å²) in [4.78, 5) is 26.8. The van der Waals surface area contributed by atoms with Crippen LogP contribution in [0.3, 0.4) is 0 Å². The Morgan fingerprint density at radius 1 is 1.06 bits per heavy atom. The molecule has 2 N–H and O–H groups in total. The third kappa shape index (κ3) is 4.24. The third-order valence-electron chi connectivity index (χ3n) is 8.33. The summed E-state index contributed by atoms with van der Waals surface area (Å²) in [6.07, 6.45) is 8.65. The first-order valence-corrected chi connectivity index (χ1v) is 12.4. The first-order chi connectivity index (χ1) is 16.0. The van der Waals surface area contributed by atoms with Gasteiger partial charge < -0.3 is 15.3 Å². The Morgan fingerprint density at radius 3 is 2.55 bits per heavy atom. The molecule has 5 fully saturated rings. The van der Waals surface area contributed by atoms with E-state index in [9.17, 15) is 9.90 Å². The number of piperazine rings is 1. The highest BCUT2D eigenvalue weighted by Crippen LogP contribution is 2.55. The van der Waals surface area contributed by atoms with Gasteiger partial charge >= 0.3 is 0 Å². The summed E-state index contributed by atoms with van der Waals surface area (Å²) < 4.78 is 0. The van der Waals surface area contributed by atoms with E-state index in [1.807, 2.05) is 36.7 Å². The van der Waals surface area contributed by atoms with E-state index in [1.165, 1.54) is 5.56 Å². The van der Waals surface area contributed by atoms with E-state index in [4.69, 9.17) is 4.98 Å². The number of carbonyl (C=O) groups excluding carboxylic acids is 1. The van der Waals surface area contributed by atoms with Crippen molar-refractivity contribution in [1.29, 1.82) is 0 Å². The van der Waals surface area contributed by atoms with Crippen LogP contribution in [0.15, 0.2) is 42.7 Å². The predicted molar refractivity (Wildman–Crippen MR) is 126 cm³/mol. The van der Waals surface area contributed by atoms with Gasteiger partial charge in [-0.15, -0.1) is 0 Å². The molecule has 4 bridgehead atoms. The molecule has 4 aliphatic carbocycles. The minimum Gasteiger partial charge on any atom is -0.390 e. The van der Waals surface area contributed by atoms with Crippen molar-refractivity contribution in [3.63, 3.8) is 0 Å². The first kappa shape index (κ1) is 21.1. The number of nitrogens with zero attached hydrogens (tertiary/aromatic N) is 4. The topological polar surface area (TPSA) is 81.6 Å². The maximum absolute atomic E-state index is 13.1. The van der Waals surface area contributed by atoms with Crippen molar-refractivity contribution in [2.75, 3.05) is 31.1 Å². The van der Waals surface area contributed by atoms with Crippen LogP contribution in [0.25, 0.3) is 0 Å². The molecule has 3 heterocycles. The maximum atomic E-state index is 13.1. The normalized spacial score (nSPS) is 33.3. The molecule has 0 aromatic carbocycles. The van der Waals surface area contributed by atoms with Crippen molar-refractivity contribution in [2.24, 2.45) is 17.8 Å². The van der Waals surface area contributed by atoms with Gasteiger partial charge in [-0.1, -0.05) is 12.1 Å². The molecule has 5 aliphatic rings. The molecule has 7 rings (SSSR count). The molecule has 1 aliphatic heterocycles. The lowest BCUT2D eigenvalue weighted by Crippen LogP contribution is -2.61. The number of rotatable bonds is 5. The third-order valence-corrected chi connectivity index (χ3v) is 8.33. The SMILES string of the molecule is O=C(NC1C2CC3CC1CC(O)(C3)C2)c1cccc(N2CCN(Cc3cccnc3)CC2)n1. The Kier molecular flexibility index (Phi) is 5.34. The zero-order valence-electron chi connectivity index (χ0n) is 19.1. The predicted octanol–water partition coefficient (Wildman–Crippen LogP) is 2.47. The van der Waals surface area contributed by atoms with Crippen LogP contribution in [0.5, 0.6) is 0 Å². The van der Waals surface area contributed by atoms with Crippen molar-refractivity contribution in [3.05, 3.63) is 54.0 Å². The number of hydrogen-bond acceptors (Lipinski definition) is 6. The van der Waals surface area contributed by atoms with Gasteiger partial charge in [-0.2, -0.15) is 0 Å². The summed E-state index contributed by atoms with van der Waals surface area (Å²) in [5.74, 6) is 2.25. The quantitative estimate of drug-likeness (QED) is 0.733. The number of pyridine rings is 2. The van der Waals surface area contributed by atoms with Gasteiger partial charge in [-0.25, -0.2) is 4.98 Å². The highest BCUT2D eigenvalue weighted by molar-refractivity contribution is 5.93. The monoisotopic (exact) mass is 447 g/mol. The number of aliphatic hydroxyl groups is 1. The fraction of sp³-hybridized carbons (Fsp3) is 0.577. The second kappa shape index (κ2) is 8.37. The molecule has 33 heavy (non-hydrogen) atoms. The van der Waals surface area contributed by atoms with Crippen LogP contribution in [0.2, 0.25) is 0 Å². The van der Waals surface area contributed by atoms with E-state index in [1.54, 1.807) is 0 Å². The lowest BCUT2D eigenvalue weighted by atomic mass is 9.52. The zero-order valence-corrected chi connectivity index (χ0v) is 19.1. The van der Waals surface area contributed by atoms with E-state index < -0.39 is 5.60 Å². The van der Waals surface area contributed by atoms with Crippen LogP contribution in [0.4, 0.5) is 5.82 Å². The number of anilines is 1. The van der Waals surface area contributed by atoms with E-state index in [-0.39, 0.29) is 11.9 Å². The smallest absolute Gasteiger partial charge is 0.270 e. The first-order valence-electron chi connectivity index (χ1n) is 12.4. The van der Waals surface area contributed by atoms with Crippen LogP contribution in [-0.2, 0) is 6.54 Å². The zero-order chi connectivity index (χ0) is 22.4. The molecule has 2 aromatic heterocycles. The Balaban J connectivity index is 1.08. The van der Waals surface area contributed by atoms with Gasteiger partial charge in [0.05, 0.1) is 5.60 Å². The molecule has 2 atom stereocenters. The Hall–Kier alpha value is -2.51. The molecule has 0 radical (unpaired) electrons. The number of hydrogen-bond donors (Lipinski definition) is 2. The summed E-state index contributed by atoms with van der Waals surface area (Å²) in [7, 11) is 0. The molecule has 7 heteroatoms. The lowest BCUT2D eigenvalue weighted by Gasteiger charge is -2.58. The number of nitrogens with one attached hydrogen (secondary N) is 1. The molecule has 4 saturated carbocycles. The molecule has 2 unspecified atom stereocenters. The van der Waals surface area contributed by atoms with Crippen molar-refractivity contribution in [2.45, 2.75) is 50.3 Å².